The molecule has 3 amide bonds. The van der Waals surface area contributed by atoms with Crippen molar-refractivity contribution in [1.82, 2.24) is 26.1 Å². The zero-order valence-corrected chi connectivity index (χ0v) is 26.1. The molecule has 1 aliphatic carbocycles. The lowest BCUT2D eigenvalue weighted by molar-refractivity contribution is -0.130. The first kappa shape index (κ1) is 31.4. The number of carbonyl (C=O) groups is 3. The minimum atomic E-state index is -0.770. The van der Waals surface area contributed by atoms with Crippen molar-refractivity contribution >= 4 is 34.3 Å². The highest BCUT2D eigenvalue weighted by molar-refractivity contribution is 5.99. The SMILES string of the molecule is NCC1CCC(C(=O)N[C@@H](Cc2cccc(-c3ccc(C(=O)NC4CCNCC4)cc3)c2)C(=O)Nc2ccc3cn[nH]c3c2)CC1. The highest BCUT2D eigenvalue weighted by Crippen LogP contribution is 2.29. The Bertz CT molecular complexity index is 1650. The van der Waals surface area contributed by atoms with Crippen LogP contribution in [0.2, 0.25) is 0 Å². The molecular weight excluding hydrogens is 578 g/mol. The van der Waals surface area contributed by atoms with Gasteiger partial charge in [-0.05, 0) is 111 Å². The quantitative estimate of drug-likeness (QED) is 0.156. The first-order chi connectivity index (χ1) is 22.4. The minimum absolute atomic E-state index is 0.0556. The number of rotatable bonds is 10. The number of fused-ring (bicyclic) bond motifs is 1. The number of piperidine rings is 1. The molecule has 1 aliphatic heterocycles. The lowest BCUT2D eigenvalue weighted by Gasteiger charge is -2.28. The minimum Gasteiger partial charge on any atom is -0.349 e. The summed E-state index contributed by atoms with van der Waals surface area (Å²) in [6.45, 7) is 2.48. The van der Waals surface area contributed by atoms with E-state index in [0.717, 1.165) is 79.2 Å². The highest BCUT2D eigenvalue weighted by atomic mass is 16.2. The van der Waals surface area contributed by atoms with Gasteiger partial charge in [0.1, 0.15) is 6.04 Å². The maximum atomic E-state index is 13.7. The number of H-pyrrole nitrogens is 1. The Morgan fingerprint density at radius 1 is 0.891 bits per heavy atom. The van der Waals surface area contributed by atoms with Crippen LogP contribution in [0.3, 0.4) is 0 Å². The van der Waals surface area contributed by atoms with Crippen molar-refractivity contribution in [3.8, 4) is 11.1 Å². The van der Waals surface area contributed by atoms with Crippen LogP contribution in [0.15, 0.2) is 72.9 Å². The Kier molecular flexibility index (Phi) is 10.0. The van der Waals surface area contributed by atoms with Gasteiger partial charge in [0, 0.05) is 35.0 Å². The number of anilines is 1. The fraction of sp³-hybridized carbons (Fsp3) is 0.389. The molecule has 3 aromatic carbocycles. The molecule has 1 saturated heterocycles. The summed E-state index contributed by atoms with van der Waals surface area (Å²) in [6, 6.07) is 20.6. The second-order valence-electron chi connectivity index (χ2n) is 12.7. The molecule has 7 N–H and O–H groups in total. The number of aromatic nitrogens is 2. The molecule has 10 heteroatoms. The molecule has 240 valence electrons. The van der Waals surface area contributed by atoms with Gasteiger partial charge in [0.2, 0.25) is 11.8 Å². The molecule has 4 aromatic rings. The zero-order chi connectivity index (χ0) is 31.9. The van der Waals surface area contributed by atoms with Crippen molar-refractivity contribution in [2.75, 3.05) is 25.0 Å². The van der Waals surface area contributed by atoms with E-state index in [1.54, 1.807) is 6.20 Å². The summed E-state index contributed by atoms with van der Waals surface area (Å²) in [5.74, 6) is -0.0936. The molecule has 1 atom stereocenters. The van der Waals surface area contributed by atoms with Crippen LogP contribution in [0.25, 0.3) is 22.0 Å². The van der Waals surface area contributed by atoms with Crippen LogP contribution in [-0.4, -0.2) is 59.6 Å². The summed E-state index contributed by atoms with van der Waals surface area (Å²) in [6.07, 6.45) is 7.34. The van der Waals surface area contributed by atoms with E-state index >= 15 is 0 Å². The summed E-state index contributed by atoms with van der Waals surface area (Å²) < 4.78 is 0. The van der Waals surface area contributed by atoms with Gasteiger partial charge in [-0.3, -0.25) is 19.5 Å². The Hall–Kier alpha value is -4.54. The van der Waals surface area contributed by atoms with Gasteiger partial charge < -0.3 is 27.0 Å². The molecule has 2 aliphatic rings. The van der Waals surface area contributed by atoms with Crippen LogP contribution in [0.1, 0.15) is 54.4 Å². The first-order valence-electron chi connectivity index (χ1n) is 16.4. The predicted octanol–water partition coefficient (Wildman–Crippen LogP) is 4.14. The van der Waals surface area contributed by atoms with Gasteiger partial charge in [0.15, 0.2) is 0 Å². The highest BCUT2D eigenvalue weighted by Gasteiger charge is 2.29. The molecule has 0 spiro atoms. The zero-order valence-electron chi connectivity index (χ0n) is 26.1. The van der Waals surface area contributed by atoms with Crippen molar-refractivity contribution in [2.45, 2.75) is 57.0 Å². The van der Waals surface area contributed by atoms with Crippen molar-refractivity contribution in [3.63, 3.8) is 0 Å². The fourth-order valence-corrected chi connectivity index (χ4v) is 6.57. The number of hydrogen-bond donors (Lipinski definition) is 6. The van der Waals surface area contributed by atoms with E-state index in [2.05, 4.69) is 31.5 Å². The summed E-state index contributed by atoms with van der Waals surface area (Å²) >= 11 is 0. The molecule has 0 radical (unpaired) electrons. The number of carbonyl (C=O) groups excluding carboxylic acids is 3. The molecule has 1 saturated carbocycles. The van der Waals surface area contributed by atoms with Gasteiger partial charge in [-0.15, -0.1) is 0 Å². The second kappa shape index (κ2) is 14.7. The Morgan fingerprint density at radius 2 is 1.67 bits per heavy atom. The smallest absolute Gasteiger partial charge is 0.251 e. The van der Waals surface area contributed by atoms with E-state index in [9.17, 15) is 14.4 Å². The second-order valence-corrected chi connectivity index (χ2v) is 12.7. The average Bonchev–Trinajstić information content (AvgIpc) is 3.57. The largest absolute Gasteiger partial charge is 0.349 e. The van der Waals surface area contributed by atoms with Gasteiger partial charge in [0.25, 0.3) is 5.91 Å². The van der Waals surface area contributed by atoms with Gasteiger partial charge >= 0.3 is 0 Å². The van der Waals surface area contributed by atoms with Crippen molar-refractivity contribution in [2.24, 2.45) is 17.6 Å². The van der Waals surface area contributed by atoms with Gasteiger partial charge in [-0.1, -0.05) is 36.4 Å². The number of hydrogen-bond acceptors (Lipinski definition) is 6. The van der Waals surface area contributed by atoms with Gasteiger partial charge in [-0.25, -0.2) is 0 Å². The number of amides is 3. The lowest BCUT2D eigenvalue weighted by Crippen LogP contribution is -2.48. The van der Waals surface area contributed by atoms with E-state index < -0.39 is 6.04 Å². The molecule has 6 rings (SSSR count). The third kappa shape index (κ3) is 7.81. The molecule has 1 aromatic heterocycles. The molecular formula is C36H43N7O3. The van der Waals surface area contributed by atoms with Crippen LogP contribution in [0.5, 0.6) is 0 Å². The number of nitrogens with one attached hydrogen (secondary N) is 5. The van der Waals surface area contributed by atoms with Crippen LogP contribution in [0, 0.1) is 11.8 Å². The van der Waals surface area contributed by atoms with E-state index in [1.807, 2.05) is 66.7 Å². The van der Waals surface area contributed by atoms with Crippen LogP contribution in [-0.2, 0) is 16.0 Å². The summed E-state index contributed by atoms with van der Waals surface area (Å²) in [5, 5.41) is 20.5. The molecule has 10 nitrogen and oxygen atoms in total. The Balaban J connectivity index is 1.16. The first-order valence-corrected chi connectivity index (χ1v) is 16.4. The fourth-order valence-electron chi connectivity index (χ4n) is 6.57. The maximum Gasteiger partial charge on any atom is 0.251 e. The normalized spacial score (nSPS) is 19.3. The lowest BCUT2D eigenvalue weighted by atomic mass is 9.81. The number of nitrogens with two attached hydrogens (primary N) is 1. The molecule has 2 fully saturated rings. The topological polar surface area (TPSA) is 154 Å². The van der Waals surface area contributed by atoms with Crippen LogP contribution in [0.4, 0.5) is 5.69 Å². The van der Waals surface area contributed by atoms with E-state index in [4.69, 9.17) is 5.73 Å². The summed E-state index contributed by atoms with van der Waals surface area (Å²) in [5.41, 5.74) is 10.8. The van der Waals surface area contributed by atoms with Crippen molar-refractivity contribution < 1.29 is 14.4 Å². The monoisotopic (exact) mass is 621 g/mol. The third-order valence-corrected chi connectivity index (χ3v) is 9.41. The van der Waals surface area contributed by atoms with Crippen LogP contribution < -0.4 is 27.0 Å². The Labute approximate surface area is 269 Å². The third-order valence-electron chi connectivity index (χ3n) is 9.41. The average molecular weight is 622 g/mol. The summed E-state index contributed by atoms with van der Waals surface area (Å²) in [7, 11) is 0. The molecule has 46 heavy (non-hydrogen) atoms. The van der Waals surface area contributed by atoms with Gasteiger partial charge in [0.05, 0.1) is 11.7 Å². The van der Waals surface area contributed by atoms with Crippen LogP contribution >= 0.6 is 0 Å². The van der Waals surface area contributed by atoms with Crippen molar-refractivity contribution in [3.05, 3.63) is 84.1 Å². The van der Waals surface area contributed by atoms with E-state index in [1.165, 1.54) is 0 Å². The van der Waals surface area contributed by atoms with Crippen molar-refractivity contribution in [1.29, 1.82) is 0 Å². The predicted molar refractivity (Wildman–Crippen MR) is 180 cm³/mol. The van der Waals surface area contributed by atoms with Gasteiger partial charge in [-0.2, -0.15) is 5.10 Å². The molecule has 0 bridgehead atoms. The maximum absolute atomic E-state index is 13.7. The van der Waals surface area contributed by atoms with E-state index in [-0.39, 0.29) is 29.7 Å². The van der Waals surface area contributed by atoms with E-state index in [0.29, 0.717) is 30.1 Å². The number of aromatic amines is 1. The number of benzene rings is 3. The standard InChI is InChI=1S/C36H43N7O3/c37-21-23-4-6-26(7-5-23)35(45)42-33(36(46)41-31-13-12-29-22-39-43-32(29)20-31)19-24-2-1-3-28(18-24)25-8-10-27(11-9-25)34(44)40-30-14-16-38-17-15-30/h1-3,8-13,18,20,22-23,26,30,33,38H,4-7,14-17,19,21,37H2,(H,39,43)(H,40,44)(H,41,46)(H,42,45)/t23?,26?,33-/m0/s1. The molecule has 0 unspecified atom stereocenters. The molecule has 2 heterocycles. The summed E-state index contributed by atoms with van der Waals surface area (Å²) in [4.78, 5) is 39.9. The number of nitrogens with zero attached hydrogens (tertiary/aromatic N) is 1. The Morgan fingerprint density at radius 3 is 2.43 bits per heavy atom.